The molecular weight excluding hydrogens is 452 g/mol. The van der Waals surface area contributed by atoms with Crippen LogP contribution in [-0.2, 0) is 46.9 Å². The van der Waals surface area contributed by atoms with Crippen LogP contribution in [0.2, 0.25) is 0 Å². The molecule has 1 aliphatic rings. The smallest absolute Gasteiger partial charge is 0.349 e. The summed E-state index contributed by atoms with van der Waals surface area (Å²) in [6.45, 7) is 1.81. The molecule has 0 spiro atoms. The summed E-state index contributed by atoms with van der Waals surface area (Å²) >= 11 is 1.24. The van der Waals surface area contributed by atoms with E-state index in [0.717, 1.165) is 4.90 Å². The third-order valence-corrected chi connectivity index (χ3v) is 5.93. The Morgan fingerprint density at radius 2 is 1.73 bits per heavy atom. The van der Waals surface area contributed by atoms with E-state index in [1.54, 1.807) is 27.9 Å². The topological polar surface area (TPSA) is 117 Å². The predicted molar refractivity (Wildman–Crippen MR) is 115 cm³/mol. The summed E-state index contributed by atoms with van der Waals surface area (Å²) in [7, 11) is 1.81. The quantitative estimate of drug-likeness (QED) is 0.330. The second kappa shape index (κ2) is 11.3. The van der Waals surface area contributed by atoms with Crippen LogP contribution in [0.4, 0.5) is 0 Å². The van der Waals surface area contributed by atoms with Crippen LogP contribution in [0.5, 0.6) is 0 Å². The minimum absolute atomic E-state index is 0.108. The number of benzene rings is 1. The van der Waals surface area contributed by atoms with Gasteiger partial charge in [-0.1, -0.05) is 30.0 Å². The number of nitrogens with zero attached hydrogens (tertiary/aromatic N) is 2. The average molecular weight is 480 g/mol. The van der Waals surface area contributed by atoms with Crippen molar-refractivity contribution in [2.24, 2.45) is 7.05 Å². The van der Waals surface area contributed by atoms with E-state index in [2.05, 4.69) is 0 Å². The zero-order valence-corrected chi connectivity index (χ0v) is 19.3. The Kier molecular flexibility index (Phi) is 8.48. The molecule has 1 aromatic carbocycles. The molecule has 3 rings (SSSR count). The van der Waals surface area contributed by atoms with Gasteiger partial charge in [-0.25, -0.2) is 13.9 Å². The zero-order valence-electron chi connectivity index (χ0n) is 18.5. The van der Waals surface area contributed by atoms with Crippen molar-refractivity contribution in [2.75, 3.05) is 6.61 Å². The molecule has 0 unspecified atom stereocenters. The number of carbonyl (C=O) groups excluding carboxylic acids is 3. The van der Waals surface area contributed by atoms with Crippen molar-refractivity contribution in [1.29, 1.82) is 0 Å². The van der Waals surface area contributed by atoms with Gasteiger partial charge in [0.25, 0.3) is 0 Å². The molecule has 1 aromatic heterocycles. The first-order valence-corrected chi connectivity index (χ1v) is 11.2. The lowest BCUT2D eigenvalue weighted by atomic mass is 9.99. The van der Waals surface area contributed by atoms with Gasteiger partial charge in [0.15, 0.2) is 24.9 Å². The second-order valence-corrected chi connectivity index (χ2v) is 8.68. The standard InChI is InChI=1S/C22H27N2O8S/c1-14(26)29-20-19(32-18(28)11-24-10-9-23(3)13-24)17(12-25)31-22(21(20)30-15(2)27)33-16-7-5-4-6-8-16/h4-10,13,17,19-22,25H,11-12H2,1-3H3/q+1/t17-,19-,20+,21-,22+/m1/s1. The fraction of sp³-hybridized carbons (Fsp3) is 0.455. The van der Waals surface area contributed by atoms with Crippen molar-refractivity contribution >= 4 is 29.7 Å². The van der Waals surface area contributed by atoms with E-state index in [0.29, 0.717) is 0 Å². The van der Waals surface area contributed by atoms with E-state index in [1.807, 2.05) is 37.4 Å². The van der Waals surface area contributed by atoms with Crippen LogP contribution in [0.3, 0.4) is 0 Å². The number of aliphatic hydroxyl groups excluding tert-OH is 1. The maximum atomic E-state index is 12.6. The molecule has 5 atom stereocenters. The molecule has 0 amide bonds. The molecule has 1 saturated heterocycles. The number of ether oxygens (including phenoxy) is 4. The van der Waals surface area contributed by atoms with E-state index in [9.17, 15) is 19.5 Å². The predicted octanol–water partition coefficient (Wildman–Crippen LogP) is 0.597. The first-order valence-electron chi connectivity index (χ1n) is 10.3. The second-order valence-electron chi connectivity index (χ2n) is 7.51. The number of hydrogen-bond acceptors (Lipinski definition) is 9. The van der Waals surface area contributed by atoms with Gasteiger partial charge in [-0.3, -0.25) is 9.59 Å². The third kappa shape index (κ3) is 6.80. The SMILES string of the molecule is CC(=O)O[C@@H]1[C@@H](OC(C)=O)[C@H](Sc2ccccc2)O[C@H](CO)[C@H]1OC(=O)Cn1cc[n+](C)c1. The van der Waals surface area contributed by atoms with Crippen molar-refractivity contribution in [3.05, 3.63) is 49.1 Å². The number of aliphatic hydroxyl groups is 1. The number of hydrogen-bond donors (Lipinski definition) is 1. The molecule has 0 radical (unpaired) electrons. The Balaban J connectivity index is 1.87. The maximum absolute atomic E-state index is 12.6. The van der Waals surface area contributed by atoms with Crippen LogP contribution in [0, 0.1) is 0 Å². The summed E-state index contributed by atoms with van der Waals surface area (Å²) in [5.41, 5.74) is -0.823. The highest BCUT2D eigenvalue weighted by Crippen LogP contribution is 2.37. The van der Waals surface area contributed by atoms with Crippen molar-refractivity contribution in [2.45, 2.75) is 55.1 Å². The average Bonchev–Trinajstić information content (AvgIpc) is 3.16. The van der Waals surface area contributed by atoms with Crippen LogP contribution < -0.4 is 4.57 Å². The molecule has 1 N–H and O–H groups in total. The minimum Gasteiger partial charge on any atom is -0.455 e. The fourth-order valence-electron chi connectivity index (χ4n) is 3.47. The fourth-order valence-corrected chi connectivity index (χ4v) is 4.60. The molecule has 2 heterocycles. The highest BCUT2D eigenvalue weighted by molar-refractivity contribution is 7.99. The highest BCUT2D eigenvalue weighted by atomic mass is 32.2. The lowest BCUT2D eigenvalue weighted by molar-refractivity contribution is -0.671. The molecule has 2 aromatic rings. The van der Waals surface area contributed by atoms with Crippen molar-refractivity contribution < 1.29 is 43.0 Å². The van der Waals surface area contributed by atoms with Gasteiger partial charge in [-0.15, -0.1) is 0 Å². The van der Waals surface area contributed by atoms with Gasteiger partial charge in [-0.2, -0.15) is 0 Å². The summed E-state index contributed by atoms with van der Waals surface area (Å²) in [5.74, 6) is -1.91. The molecule has 11 heteroatoms. The summed E-state index contributed by atoms with van der Waals surface area (Å²) in [6, 6.07) is 9.22. The van der Waals surface area contributed by atoms with E-state index >= 15 is 0 Å². The van der Waals surface area contributed by atoms with Gasteiger partial charge in [0, 0.05) is 18.7 Å². The number of imidazole rings is 1. The van der Waals surface area contributed by atoms with Gasteiger partial charge >= 0.3 is 17.9 Å². The molecule has 1 aliphatic heterocycles. The molecule has 0 aliphatic carbocycles. The minimum atomic E-state index is -1.19. The Morgan fingerprint density at radius 3 is 2.30 bits per heavy atom. The van der Waals surface area contributed by atoms with Crippen molar-refractivity contribution in [3.63, 3.8) is 0 Å². The van der Waals surface area contributed by atoms with Gasteiger partial charge in [0.1, 0.15) is 23.9 Å². The summed E-state index contributed by atoms with van der Waals surface area (Å²) in [4.78, 5) is 37.2. The molecule has 0 saturated carbocycles. The van der Waals surface area contributed by atoms with Crippen LogP contribution >= 0.6 is 11.8 Å². The Labute approximate surface area is 195 Å². The first-order chi connectivity index (χ1) is 15.8. The van der Waals surface area contributed by atoms with Gasteiger partial charge in [0.05, 0.1) is 13.7 Å². The molecule has 10 nitrogen and oxygen atoms in total. The van der Waals surface area contributed by atoms with E-state index < -0.39 is 54.4 Å². The molecular formula is C22H27N2O8S+. The summed E-state index contributed by atoms with van der Waals surface area (Å²) in [5, 5.41) is 9.99. The lowest BCUT2D eigenvalue weighted by Crippen LogP contribution is -2.61. The summed E-state index contributed by atoms with van der Waals surface area (Å²) in [6.07, 6.45) is 0.696. The molecule has 1 fully saturated rings. The maximum Gasteiger partial charge on any atom is 0.349 e. The van der Waals surface area contributed by atoms with Crippen molar-refractivity contribution in [1.82, 2.24) is 4.57 Å². The van der Waals surface area contributed by atoms with Crippen LogP contribution in [0.1, 0.15) is 13.8 Å². The number of esters is 3. The number of aromatic nitrogens is 2. The molecule has 0 bridgehead atoms. The van der Waals surface area contributed by atoms with E-state index in [1.165, 1.54) is 25.6 Å². The van der Waals surface area contributed by atoms with Crippen LogP contribution in [-0.4, -0.2) is 64.0 Å². The number of thioether (sulfide) groups is 1. The molecule has 33 heavy (non-hydrogen) atoms. The van der Waals surface area contributed by atoms with E-state index in [4.69, 9.17) is 18.9 Å². The Hall–Kier alpha value is -2.89. The Bertz CT molecular complexity index is 966. The third-order valence-electron chi connectivity index (χ3n) is 4.77. The van der Waals surface area contributed by atoms with Gasteiger partial charge in [-0.05, 0) is 12.1 Å². The number of carbonyl (C=O) groups is 3. The van der Waals surface area contributed by atoms with Crippen molar-refractivity contribution in [3.8, 4) is 0 Å². The lowest BCUT2D eigenvalue weighted by Gasteiger charge is -2.44. The number of aryl methyl sites for hydroxylation is 1. The van der Waals surface area contributed by atoms with Crippen LogP contribution in [0.15, 0.2) is 53.9 Å². The number of rotatable bonds is 8. The highest BCUT2D eigenvalue weighted by Gasteiger charge is 2.52. The Morgan fingerprint density at radius 1 is 1.06 bits per heavy atom. The first kappa shape index (κ1) is 24.7. The molecule has 178 valence electrons. The summed E-state index contributed by atoms with van der Waals surface area (Å²) < 4.78 is 25.9. The van der Waals surface area contributed by atoms with E-state index in [-0.39, 0.29) is 6.54 Å². The zero-order chi connectivity index (χ0) is 24.0. The van der Waals surface area contributed by atoms with Crippen LogP contribution in [0.25, 0.3) is 0 Å². The van der Waals surface area contributed by atoms with Gasteiger partial charge < -0.3 is 24.1 Å². The monoisotopic (exact) mass is 479 g/mol. The normalized spacial score (nSPS) is 24.7. The van der Waals surface area contributed by atoms with Gasteiger partial charge in [0.2, 0.25) is 6.33 Å². The largest absolute Gasteiger partial charge is 0.455 e.